The number of allylic oxidation sites excluding steroid dienone is 3. The van der Waals surface area contributed by atoms with Gasteiger partial charge in [0, 0.05) is 5.92 Å². The Balaban J connectivity index is 1.39. The Morgan fingerprint density at radius 3 is 2.70 bits per heavy atom. The van der Waals surface area contributed by atoms with Gasteiger partial charge >= 0.3 is 0 Å². The number of aryl methyl sites for hydroxylation is 2. The average Bonchev–Trinajstić information content (AvgIpc) is 3.25. The molecule has 2 heteroatoms. The van der Waals surface area contributed by atoms with Crippen molar-refractivity contribution in [2.75, 3.05) is 19.6 Å². The fourth-order valence-electron chi connectivity index (χ4n) is 5.57. The van der Waals surface area contributed by atoms with Crippen LogP contribution in [0.4, 0.5) is 0 Å². The second-order valence-corrected chi connectivity index (χ2v) is 9.53. The van der Waals surface area contributed by atoms with E-state index in [1.54, 1.807) is 5.57 Å². The minimum Gasteiger partial charge on any atom is -0.392 e. The zero-order valence-electron chi connectivity index (χ0n) is 19.5. The molecule has 30 heavy (non-hydrogen) atoms. The average molecular weight is 410 g/mol. The van der Waals surface area contributed by atoms with Gasteiger partial charge in [0.1, 0.15) is 0 Å². The number of benzene rings is 1. The molecule has 1 aromatic carbocycles. The molecule has 1 N–H and O–H groups in total. The van der Waals surface area contributed by atoms with Gasteiger partial charge in [0.25, 0.3) is 0 Å². The number of fused-ring (bicyclic) bond motifs is 1. The van der Waals surface area contributed by atoms with E-state index in [9.17, 15) is 5.11 Å². The summed E-state index contributed by atoms with van der Waals surface area (Å²) in [6.45, 7) is 10.3. The van der Waals surface area contributed by atoms with E-state index in [1.807, 2.05) is 0 Å². The first-order chi connectivity index (χ1) is 14.6. The number of aliphatic hydroxyl groups excluding tert-OH is 1. The minimum absolute atomic E-state index is 0.151. The normalized spacial score (nSPS) is 26.0. The van der Waals surface area contributed by atoms with Crippen molar-refractivity contribution in [1.29, 1.82) is 0 Å². The fraction of sp³-hybridized carbons (Fsp3) is 0.643. The molecule has 0 aromatic heterocycles. The molecular formula is C28H43NO. The number of hydrogen-bond acceptors (Lipinski definition) is 2. The highest BCUT2D eigenvalue weighted by atomic mass is 16.3. The summed E-state index contributed by atoms with van der Waals surface area (Å²) in [5.74, 6) is 1.60. The molecule has 3 rings (SSSR count). The van der Waals surface area contributed by atoms with E-state index in [1.165, 1.54) is 62.9 Å². The van der Waals surface area contributed by atoms with Crippen LogP contribution >= 0.6 is 0 Å². The Morgan fingerprint density at radius 1 is 1.10 bits per heavy atom. The highest BCUT2D eigenvalue weighted by Gasteiger charge is 2.42. The molecule has 2 aliphatic rings. The molecule has 1 aromatic rings. The summed E-state index contributed by atoms with van der Waals surface area (Å²) in [5, 5.41) is 10.6. The molecule has 0 heterocycles. The lowest BCUT2D eigenvalue weighted by Crippen LogP contribution is -2.23. The molecule has 0 radical (unpaired) electrons. The van der Waals surface area contributed by atoms with Gasteiger partial charge in [0.05, 0.1) is 6.10 Å². The molecule has 0 amide bonds. The van der Waals surface area contributed by atoms with Gasteiger partial charge in [0.2, 0.25) is 0 Å². The Bertz CT molecular complexity index is 702. The van der Waals surface area contributed by atoms with Gasteiger partial charge in [-0.2, -0.15) is 0 Å². The highest BCUT2D eigenvalue weighted by Crippen LogP contribution is 2.48. The monoisotopic (exact) mass is 409 g/mol. The lowest BCUT2D eigenvalue weighted by Gasteiger charge is -2.19. The van der Waals surface area contributed by atoms with E-state index in [0.717, 1.165) is 19.3 Å². The van der Waals surface area contributed by atoms with E-state index in [4.69, 9.17) is 0 Å². The van der Waals surface area contributed by atoms with Crippen molar-refractivity contribution < 1.29 is 5.11 Å². The molecule has 0 aliphatic heterocycles. The van der Waals surface area contributed by atoms with Crippen LogP contribution in [-0.4, -0.2) is 35.7 Å². The van der Waals surface area contributed by atoms with Crippen LogP contribution in [0.15, 0.2) is 48.1 Å². The molecule has 166 valence electrons. The third kappa shape index (κ3) is 6.56. The van der Waals surface area contributed by atoms with Crippen molar-refractivity contribution >= 4 is 0 Å². The Hall–Kier alpha value is -1.38. The molecule has 4 atom stereocenters. The molecule has 2 nitrogen and oxygen atoms in total. The topological polar surface area (TPSA) is 23.5 Å². The van der Waals surface area contributed by atoms with E-state index < -0.39 is 0 Å². The molecule has 1 saturated carbocycles. The van der Waals surface area contributed by atoms with E-state index in [0.29, 0.717) is 17.8 Å². The van der Waals surface area contributed by atoms with Crippen molar-refractivity contribution in [2.24, 2.45) is 17.8 Å². The summed E-state index contributed by atoms with van der Waals surface area (Å²) in [6.07, 6.45) is 16.6. The van der Waals surface area contributed by atoms with Crippen LogP contribution in [0.3, 0.4) is 0 Å². The van der Waals surface area contributed by atoms with Gasteiger partial charge in [-0.05, 0) is 88.9 Å². The smallest absolute Gasteiger partial charge is 0.0611 e. The quantitative estimate of drug-likeness (QED) is 0.322. The van der Waals surface area contributed by atoms with Gasteiger partial charge in [-0.15, -0.1) is 0 Å². The Labute approximate surface area is 185 Å². The summed E-state index contributed by atoms with van der Waals surface area (Å²) in [7, 11) is 0. The third-order valence-corrected chi connectivity index (χ3v) is 7.36. The van der Waals surface area contributed by atoms with Crippen LogP contribution in [0.5, 0.6) is 0 Å². The number of aliphatic hydroxyl groups is 1. The van der Waals surface area contributed by atoms with Gasteiger partial charge in [-0.1, -0.05) is 73.9 Å². The summed E-state index contributed by atoms with van der Waals surface area (Å²) in [4.78, 5) is 2.52. The molecule has 0 bridgehead atoms. The van der Waals surface area contributed by atoms with Gasteiger partial charge in [-0.3, -0.25) is 0 Å². The summed E-state index contributed by atoms with van der Waals surface area (Å²) in [6, 6.07) is 8.80. The minimum atomic E-state index is -0.151. The van der Waals surface area contributed by atoms with E-state index >= 15 is 0 Å². The first kappa shape index (κ1) is 23.3. The first-order valence-electron chi connectivity index (χ1n) is 12.4. The van der Waals surface area contributed by atoms with Crippen LogP contribution in [-0.2, 0) is 6.42 Å². The van der Waals surface area contributed by atoms with Crippen LogP contribution in [0.1, 0.15) is 69.9 Å². The first-order valence-corrected chi connectivity index (χ1v) is 12.4. The van der Waals surface area contributed by atoms with Gasteiger partial charge in [-0.25, -0.2) is 0 Å². The predicted octanol–water partition coefficient (Wildman–Crippen LogP) is 6.33. The summed E-state index contributed by atoms with van der Waals surface area (Å²) in [5.41, 5.74) is 4.41. The molecule has 0 unspecified atom stereocenters. The molecular weight excluding hydrogens is 366 g/mol. The maximum Gasteiger partial charge on any atom is 0.0611 e. The Morgan fingerprint density at radius 2 is 1.93 bits per heavy atom. The highest BCUT2D eigenvalue weighted by molar-refractivity contribution is 5.23. The lowest BCUT2D eigenvalue weighted by atomic mass is 9.88. The lowest BCUT2D eigenvalue weighted by molar-refractivity contribution is 0.141. The van der Waals surface area contributed by atoms with Crippen LogP contribution < -0.4 is 0 Å². The third-order valence-electron chi connectivity index (χ3n) is 7.36. The maximum atomic E-state index is 10.6. The second-order valence-electron chi connectivity index (χ2n) is 9.53. The van der Waals surface area contributed by atoms with Crippen LogP contribution in [0.25, 0.3) is 0 Å². The summed E-state index contributed by atoms with van der Waals surface area (Å²) < 4.78 is 0. The van der Waals surface area contributed by atoms with Crippen molar-refractivity contribution in [1.82, 2.24) is 4.90 Å². The molecule has 2 aliphatic carbocycles. The van der Waals surface area contributed by atoms with Crippen LogP contribution in [0.2, 0.25) is 0 Å². The van der Waals surface area contributed by atoms with E-state index in [-0.39, 0.29) is 6.10 Å². The van der Waals surface area contributed by atoms with Crippen molar-refractivity contribution in [3.8, 4) is 0 Å². The molecule has 1 fully saturated rings. The standard InChI is InChI=1S/C28H43NO/c1-4-29(5-2)17-10-6-7-14-24-19-25-21-28(30)26(27(25)20-24)16-9-8-13-23-15-11-12-22(3)18-23/h9,11-12,15-16,18-19,25-28,30H,4-8,10,13-14,17,20-21H2,1-3H3/b16-9+/t25-,26+,27-,28+/m0/s1. The number of hydrogen-bond donors (Lipinski definition) is 1. The van der Waals surface area contributed by atoms with E-state index in [2.05, 4.69) is 68.2 Å². The number of nitrogens with zero attached hydrogens (tertiary/aromatic N) is 1. The predicted molar refractivity (Wildman–Crippen MR) is 129 cm³/mol. The zero-order valence-corrected chi connectivity index (χ0v) is 19.5. The SMILES string of the molecule is CCN(CC)CCCCCC1=C[C@H]2C[C@@H](O)[C@H](/C=C/CCc3cccc(C)c3)[C@H]2C1. The molecule has 0 spiro atoms. The van der Waals surface area contributed by atoms with Crippen LogP contribution in [0, 0.1) is 24.7 Å². The second kappa shape index (κ2) is 11.9. The maximum absolute atomic E-state index is 10.6. The van der Waals surface area contributed by atoms with Crippen molar-refractivity contribution in [2.45, 2.75) is 78.2 Å². The zero-order chi connectivity index (χ0) is 21.3. The van der Waals surface area contributed by atoms with Crippen molar-refractivity contribution in [3.63, 3.8) is 0 Å². The largest absolute Gasteiger partial charge is 0.392 e. The van der Waals surface area contributed by atoms with Crippen molar-refractivity contribution in [3.05, 3.63) is 59.2 Å². The number of unbranched alkanes of at least 4 members (excludes halogenated alkanes) is 2. The Kier molecular flexibility index (Phi) is 9.21. The molecule has 0 saturated heterocycles. The fourth-order valence-corrected chi connectivity index (χ4v) is 5.57. The van der Waals surface area contributed by atoms with Gasteiger partial charge in [0.15, 0.2) is 0 Å². The summed E-state index contributed by atoms with van der Waals surface area (Å²) >= 11 is 0. The number of rotatable bonds is 12. The van der Waals surface area contributed by atoms with Gasteiger partial charge < -0.3 is 10.0 Å².